The Hall–Kier alpha value is -1.06. The lowest BCUT2D eigenvalue weighted by Gasteiger charge is -2.07. The average Bonchev–Trinajstić information content (AvgIpc) is 2.85. The number of carbonyl (C=O) groups excluding carboxylic acids is 2. The van der Waals surface area contributed by atoms with Crippen molar-refractivity contribution in [3.63, 3.8) is 0 Å². The number of hydrogen-bond acceptors (Lipinski definition) is 4. The van der Waals surface area contributed by atoms with Gasteiger partial charge in [-0.3, -0.25) is 9.59 Å². The van der Waals surface area contributed by atoms with Crippen molar-refractivity contribution in [3.05, 3.63) is 0 Å². The molecule has 0 rings (SSSR count). The van der Waals surface area contributed by atoms with Gasteiger partial charge < -0.3 is 9.47 Å². The van der Waals surface area contributed by atoms with Crippen LogP contribution in [0.5, 0.6) is 0 Å². The molecule has 0 heterocycles. The van der Waals surface area contributed by atoms with Gasteiger partial charge in [-0.15, -0.1) is 0 Å². The van der Waals surface area contributed by atoms with Crippen molar-refractivity contribution in [3.8, 4) is 0 Å². The quantitative estimate of drug-likeness (QED) is 0.0798. The van der Waals surface area contributed by atoms with Crippen LogP contribution in [-0.2, 0) is 19.1 Å². The van der Waals surface area contributed by atoms with Gasteiger partial charge in [0.1, 0.15) is 0 Å². The van der Waals surface area contributed by atoms with Crippen LogP contribution in [0.25, 0.3) is 0 Å². The maximum absolute atomic E-state index is 11.8. The molecule has 0 aromatic carbocycles. The predicted molar refractivity (Wildman–Crippen MR) is 149 cm³/mol. The first kappa shape index (κ1) is 33.9. The number of esters is 2. The van der Waals surface area contributed by atoms with Gasteiger partial charge in [-0.2, -0.15) is 0 Å². The second-order valence-corrected chi connectivity index (χ2v) is 10.4. The Labute approximate surface area is 218 Å². The van der Waals surface area contributed by atoms with Crippen LogP contribution < -0.4 is 0 Å². The Morgan fingerprint density at radius 1 is 0.371 bits per heavy atom. The summed E-state index contributed by atoms with van der Waals surface area (Å²) in [6, 6.07) is 0. The van der Waals surface area contributed by atoms with E-state index in [0.717, 1.165) is 25.7 Å². The zero-order chi connectivity index (χ0) is 25.7. The molecule has 0 unspecified atom stereocenters. The van der Waals surface area contributed by atoms with Crippen LogP contribution in [0.1, 0.15) is 174 Å². The summed E-state index contributed by atoms with van der Waals surface area (Å²) in [7, 11) is 0. The molecule has 0 aromatic heterocycles. The fourth-order valence-corrected chi connectivity index (χ4v) is 4.44. The number of hydrogen-bond donors (Lipinski definition) is 0. The number of rotatable bonds is 28. The van der Waals surface area contributed by atoms with Crippen molar-refractivity contribution < 1.29 is 19.1 Å². The van der Waals surface area contributed by atoms with Gasteiger partial charge in [0.25, 0.3) is 0 Å². The number of unbranched alkanes of at least 4 members (excludes halogenated alkanes) is 20. The summed E-state index contributed by atoms with van der Waals surface area (Å²) in [6.07, 6.45) is 29.7. The van der Waals surface area contributed by atoms with E-state index in [1.807, 2.05) is 0 Å². The van der Waals surface area contributed by atoms with Gasteiger partial charge in [0, 0.05) is 19.3 Å². The Morgan fingerprint density at radius 2 is 0.629 bits per heavy atom. The van der Waals surface area contributed by atoms with E-state index in [2.05, 4.69) is 13.8 Å². The highest BCUT2D eigenvalue weighted by Gasteiger charge is 2.05. The normalized spacial score (nSPS) is 11.0. The summed E-state index contributed by atoms with van der Waals surface area (Å²) < 4.78 is 10.5. The molecule has 0 aliphatic heterocycles. The topological polar surface area (TPSA) is 52.6 Å². The third-order valence-electron chi connectivity index (χ3n) is 6.78. The van der Waals surface area contributed by atoms with Crippen molar-refractivity contribution in [2.75, 3.05) is 13.2 Å². The SMILES string of the molecule is CCCCCCCCCCCCCC(=O)OCCCOC(=O)CCCCCCCCCCCCC. The van der Waals surface area contributed by atoms with Gasteiger partial charge in [0.2, 0.25) is 0 Å². The molecule has 0 atom stereocenters. The lowest BCUT2D eigenvalue weighted by atomic mass is 10.1. The van der Waals surface area contributed by atoms with Crippen LogP contribution in [0.3, 0.4) is 0 Å². The summed E-state index contributed by atoms with van der Waals surface area (Å²) in [4.78, 5) is 23.6. The summed E-state index contributed by atoms with van der Waals surface area (Å²) in [5, 5.41) is 0. The Morgan fingerprint density at radius 3 is 0.914 bits per heavy atom. The molecule has 0 aliphatic rings. The standard InChI is InChI=1S/C31H60O4/c1-3-5-7-9-11-13-15-17-19-21-23-26-30(32)34-28-25-29-35-31(33)27-24-22-20-18-16-14-12-10-8-6-4-2/h3-29H2,1-2H3. The van der Waals surface area contributed by atoms with E-state index >= 15 is 0 Å². The van der Waals surface area contributed by atoms with Crippen LogP contribution in [0.4, 0.5) is 0 Å². The van der Waals surface area contributed by atoms with Gasteiger partial charge in [-0.25, -0.2) is 0 Å². The van der Waals surface area contributed by atoms with Crippen LogP contribution in [-0.4, -0.2) is 25.2 Å². The smallest absolute Gasteiger partial charge is 0.305 e. The second-order valence-electron chi connectivity index (χ2n) is 10.4. The van der Waals surface area contributed by atoms with E-state index < -0.39 is 0 Å². The van der Waals surface area contributed by atoms with Crippen molar-refractivity contribution in [1.82, 2.24) is 0 Å². The first-order valence-electron chi connectivity index (χ1n) is 15.5. The van der Waals surface area contributed by atoms with Crippen LogP contribution in [0.15, 0.2) is 0 Å². The molecule has 0 N–H and O–H groups in total. The maximum Gasteiger partial charge on any atom is 0.305 e. The van der Waals surface area contributed by atoms with Crippen LogP contribution >= 0.6 is 0 Å². The van der Waals surface area contributed by atoms with Gasteiger partial charge in [-0.1, -0.05) is 142 Å². The Bertz CT molecular complexity index is 409. The Balaban J connectivity index is 3.27. The molecule has 0 aliphatic carbocycles. The average molecular weight is 497 g/mol. The van der Waals surface area contributed by atoms with Gasteiger partial charge in [-0.05, 0) is 12.8 Å². The molecule has 0 amide bonds. The van der Waals surface area contributed by atoms with Gasteiger partial charge in [0.05, 0.1) is 13.2 Å². The van der Waals surface area contributed by atoms with E-state index in [0.29, 0.717) is 32.5 Å². The van der Waals surface area contributed by atoms with E-state index in [9.17, 15) is 9.59 Å². The number of ether oxygens (including phenoxy) is 2. The fraction of sp³-hybridized carbons (Fsp3) is 0.935. The molecule has 0 saturated heterocycles. The second kappa shape index (κ2) is 29.2. The fourth-order valence-electron chi connectivity index (χ4n) is 4.44. The number of carbonyl (C=O) groups is 2. The molecular formula is C31H60O4. The minimum absolute atomic E-state index is 0.117. The van der Waals surface area contributed by atoms with Crippen LogP contribution in [0, 0.1) is 0 Å². The van der Waals surface area contributed by atoms with Gasteiger partial charge >= 0.3 is 11.9 Å². The van der Waals surface area contributed by atoms with E-state index in [1.54, 1.807) is 0 Å². The molecular weight excluding hydrogens is 436 g/mol. The maximum atomic E-state index is 11.8. The van der Waals surface area contributed by atoms with E-state index in [4.69, 9.17) is 9.47 Å². The lowest BCUT2D eigenvalue weighted by Crippen LogP contribution is -2.10. The third kappa shape index (κ3) is 29.1. The molecule has 35 heavy (non-hydrogen) atoms. The monoisotopic (exact) mass is 496 g/mol. The van der Waals surface area contributed by atoms with E-state index in [-0.39, 0.29) is 11.9 Å². The summed E-state index contributed by atoms with van der Waals surface area (Å²) in [6.45, 7) is 5.22. The molecule has 208 valence electrons. The summed E-state index contributed by atoms with van der Waals surface area (Å²) >= 11 is 0. The molecule has 0 aromatic rings. The van der Waals surface area contributed by atoms with Crippen molar-refractivity contribution in [1.29, 1.82) is 0 Å². The molecule has 4 heteroatoms. The zero-order valence-electron chi connectivity index (χ0n) is 23.7. The highest BCUT2D eigenvalue weighted by Crippen LogP contribution is 2.13. The first-order valence-corrected chi connectivity index (χ1v) is 15.5. The zero-order valence-corrected chi connectivity index (χ0v) is 23.7. The van der Waals surface area contributed by atoms with Crippen molar-refractivity contribution in [2.45, 2.75) is 174 Å². The molecule has 0 bridgehead atoms. The molecule has 0 saturated carbocycles. The van der Waals surface area contributed by atoms with Gasteiger partial charge in [0.15, 0.2) is 0 Å². The Kier molecular flexibility index (Phi) is 28.3. The molecule has 0 spiro atoms. The molecule has 0 fully saturated rings. The highest BCUT2D eigenvalue weighted by molar-refractivity contribution is 5.69. The lowest BCUT2D eigenvalue weighted by molar-refractivity contribution is -0.146. The minimum Gasteiger partial charge on any atom is -0.466 e. The highest BCUT2D eigenvalue weighted by atomic mass is 16.5. The third-order valence-corrected chi connectivity index (χ3v) is 6.78. The van der Waals surface area contributed by atoms with E-state index in [1.165, 1.54) is 116 Å². The van der Waals surface area contributed by atoms with Crippen LogP contribution in [0.2, 0.25) is 0 Å². The molecule has 4 nitrogen and oxygen atoms in total. The van der Waals surface area contributed by atoms with Crippen molar-refractivity contribution in [2.24, 2.45) is 0 Å². The summed E-state index contributed by atoms with van der Waals surface area (Å²) in [5.41, 5.74) is 0. The largest absolute Gasteiger partial charge is 0.466 e. The first-order chi connectivity index (χ1) is 17.2. The minimum atomic E-state index is -0.117. The predicted octanol–water partition coefficient (Wildman–Crippen LogP) is 9.87. The van der Waals surface area contributed by atoms with Crippen molar-refractivity contribution >= 4 is 11.9 Å². The molecule has 0 radical (unpaired) electrons. The summed E-state index contributed by atoms with van der Waals surface area (Å²) in [5.74, 6) is -0.235.